The maximum Gasteiger partial charge on any atom is 0.264 e. The molecule has 3 rings (SSSR count). The molecule has 0 bridgehead atoms. The molecule has 0 spiro atoms. The number of carbonyl (C=O) groups is 2. The Bertz CT molecular complexity index is 1500. The Kier molecular flexibility index (Phi) is 10.7. The number of nitrogens with one attached hydrogen (secondary N) is 1. The molecule has 0 heterocycles. The van der Waals surface area contributed by atoms with Crippen LogP contribution in [0.15, 0.2) is 76.1 Å². The van der Waals surface area contributed by atoms with Gasteiger partial charge in [0.2, 0.25) is 11.8 Å². The third-order valence-corrected chi connectivity index (χ3v) is 8.88. The fraction of sp³-hybridized carbons (Fsp3) is 0.355. The van der Waals surface area contributed by atoms with Gasteiger partial charge in [-0.05, 0) is 98.6 Å². The number of nitrogens with zero attached hydrogens (tertiary/aromatic N) is 2. The number of benzene rings is 3. The van der Waals surface area contributed by atoms with E-state index in [2.05, 4.69) is 21.2 Å². The third-order valence-electron chi connectivity index (χ3n) is 6.49. The van der Waals surface area contributed by atoms with Crippen LogP contribution in [-0.4, -0.2) is 57.5 Å². The third kappa shape index (κ3) is 8.25. The normalized spacial score (nSPS) is 12.3. The first-order valence-electron chi connectivity index (χ1n) is 13.3. The number of ether oxygens (including phenoxy) is 2. The van der Waals surface area contributed by atoms with Crippen LogP contribution >= 0.6 is 15.9 Å². The Morgan fingerprint density at radius 3 is 2.10 bits per heavy atom. The Labute approximate surface area is 257 Å². The van der Waals surface area contributed by atoms with Gasteiger partial charge in [-0.2, -0.15) is 0 Å². The van der Waals surface area contributed by atoms with Crippen molar-refractivity contribution in [1.82, 2.24) is 10.2 Å². The van der Waals surface area contributed by atoms with E-state index in [-0.39, 0.29) is 17.3 Å². The fourth-order valence-corrected chi connectivity index (χ4v) is 6.29. The van der Waals surface area contributed by atoms with E-state index >= 15 is 0 Å². The van der Waals surface area contributed by atoms with Gasteiger partial charge in [-0.25, -0.2) is 8.42 Å². The second kappa shape index (κ2) is 13.6. The van der Waals surface area contributed by atoms with E-state index in [9.17, 15) is 18.0 Å². The number of rotatable bonds is 11. The molecule has 0 aliphatic heterocycles. The van der Waals surface area contributed by atoms with Crippen molar-refractivity contribution >= 4 is 43.5 Å². The van der Waals surface area contributed by atoms with Gasteiger partial charge in [0, 0.05) is 12.1 Å². The molecule has 0 aliphatic rings. The Balaban J connectivity index is 2.05. The van der Waals surface area contributed by atoms with E-state index in [1.807, 2.05) is 27.7 Å². The Morgan fingerprint density at radius 2 is 1.57 bits per heavy atom. The molecule has 0 saturated carbocycles. The first-order valence-corrected chi connectivity index (χ1v) is 15.6. The highest BCUT2D eigenvalue weighted by atomic mass is 79.9. The lowest BCUT2D eigenvalue weighted by molar-refractivity contribution is -0.140. The van der Waals surface area contributed by atoms with E-state index in [1.165, 1.54) is 24.1 Å². The van der Waals surface area contributed by atoms with Gasteiger partial charge in [-0.3, -0.25) is 13.9 Å². The zero-order chi connectivity index (χ0) is 31.2. The van der Waals surface area contributed by atoms with Crippen LogP contribution < -0.4 is 19.1 Å². The fourth-order valence-electron chi connectivity index (χ4n) is 4.16. The summed E-state index contributed by atoms with van der Waals surface area (Å²) in [5.74, 6) is 0.223. The number of anilines is 1. The van der Waals surface area contributed by atoms with Crippen LogP contribution in [-0.2, 0) is 26.2 Å². The van der Waals surface area contributed by atoms with Gasteiger partial charge < -0.3 is 19.7 Å². The smallest absolute Gasteiger partial charge is 0.264 e. The van der Waals surface area contributed by atoms with Crippen LogP contribution in [0.3, 0.4) is 0 Å². The standard InChI is InChI=1S/C31H38BrN3O6S/c1-21-8-12-24(13-9-21)35(42(38,39)26-16-17-28(41-7)27(32)18-26)20-29(36)34(22(2)30(37)33-31(3,4)5)19-23-10-14-25(40-6)15-11-23/h8-18,22H,19-20H2,1-7H3,(H,33,37). The summed E-state index contributed by atoms with van der Waals surface area (Å²) in [5.41, 5.74) is 1.47. The zero-order valence-corrected chi connectivity index (χ0v) is 27.4. The highest BCUT2D eigenvalue weighted by molar-refractivity contribution is 9.10. The molecule has 2 amide bonds. The average Bonchev–Trinajstić information content (AvgIpc) is 2.94. The number of carbonyl (C=O) groups excluding carboxylic acids is 2. The summed E-state index contributed by atoms with van der Waals surface area (Å²) >= 11 is 3.36. The van der Waals surface area contributed by atoms with Crippen LogP contribution in [0.25, 0.3) is 0 Å². The van der Waals surface area contributed by atoms with E-state index in [0.717, 1.165) is 15.4 Å². The summed E-state index contributed by atoms with van der Waals surface area (Å²) in [6.45, 7) is 8.63. The monoisotopic (exact) mass is 659 g/mol. The van der Waals surface area contributed by atoms with Crippen molar-refractivity contribution in [3.63, 3.8) is 0 Å². The first kappa shape index (κ1) is 32.9. The lowest BCUT2D eigenvalue weighted by Gasteiger charge is -2.33. The first-order chi connectivity index (χ1) is 19.7. The van der Waals surface area contributed by atoms with Crippen LogP contribution in [0.2, 0.25) is 0 Å². The predicted molar refractivity (Wildman–Crippen MR) is 167 cm³/mol. The van der Waals surface area contributed by atoms with Crippen molar-refractivity contribution in [2.45, 2.75) is 57.6 Å². The summed E-state index contributed by atoms with van der Waals surface area (Å²) in [6, 6.07) is 17.5. The lowest BCUT2D eigenvalue weighted by Crippen LogP contribution is -2.54. The van der Waals surface area contributed by atoms with Crippen LogP contribution in [0.4, 0.5) is 5.69 Å². The molecule has 11 heteroatoms. The molecule has 1 N–H and O–H groups in total. The maximum absolute atomic E-state index is 14.1. The Morgan fingerprint density at radius 1 is 0.952 bits per heavy atom. The Hall–Kier alpha value is -3.57. The quantitative estimate of drug-likeness (QED) is 0.299. The van der Waals surface area contributed by atoms with Gasteiger partial charge in [-0.15, -0.1) is 0 Å². The number of methoxy groups -OCH3 is 2. The van der Waals surface area contributed by atoms with Gasteiger partial charge in [-0.1, -0.05) is 29.8 Å². The van der Waals surface area contributed by atoms with Gasteiger partial charge >= 0.3 is 0 Å². The molecule has 42 heavy (non-hydrogen) atoms. The topological polar surface area (TPSA) is 105 Å². The minimum Gasteiger partial charge on any atom is -0.497 e. The molecular formula is C31H38BrN3O6S. The van der Waals surface area contributed by atoms with Gasteiger partial charge in [0.05, 0.1) is 29.3 Å². The largest absolute Gasteiger partial charge is 0.497 e. The molecule has 1 atom stereocenters. The highest BCUT2D eigenvalue weighted by Crippen LogP contribution is 2.31. The number of aryl methyl sites for hydroxylation is 1. The lowest BCUT2D eigenvalue weighted by atomic mass is 10.1. The van der Waals surface area contributed by atoms with E-state index < -0.39 is 34.1 Å². The van der Waals surface area contributed by atoms with Gasteiger partial charge in [0.25, 0.3) is 10.0 Å². The van der Waals surface area contributed by atoms with Crippen molar-refractivity contribution in [2.24, 2.45) is 0 Å². The molecule has 0 aliphatic carbocycles. The molecule has 0 aromatic heterocycles. The SMILES string of the molecule is COc1ccc(CN(C(=O)CN(c2ccc(C)cc2)S(=O)(=O)c2ccc(OC)c(Br)c2)C(C)C(=O)NC(C)(C)C)cc1. The number of hydrogen-bond acceptors (Lipinski definition) is 6. The molecule has 0 saturated heterocycles. The summed E-state index contributed by atoms with van der Waals surface area (Å²) in [4.78, 5) is 28.7. The minimum absolute atomic E-state index is 0.0243. The van der Waals surface area contributed by atoms with Crippen LogP contribution in [0.1, 0.15) is 38.8 Å². The van der Waals surface area contributed by atoms with Gasteiger partial charge in [0.1, 0.15) is 24.1 Å². The van der Waals surface area contributed by atoms with E-state index in [1.54, 1.807) is 68.6 Å². The summed E-state index contributed by atoms with van der Waals surface area (Å²) in [6.07, 6.45) is 0. The molecule has 3 aromatic carbocycles. The van der Waals surface area contributed by atoms with Gasteiger partial charge in [0.15, 0.2) is 0 Å². The van der Waals surface area contributed by atoms with Crippen LogP contribution in [0, 0.1) is 6.92 Å². The molecular weight excluding hydrogens is 622 g/mol. The molecule has 0 fully saturated rings. The van der Waals surface area contributed by atoms with Crippen molar-refractivity contribution in [3.05, 3.63) is 82.3 Å². The number of amides is 2. The highest BCUT2D eigenvalue weighted by Gasteiger charge is 2.33. The van der Waals surface area contributed by atoms with E-state index in [4.69, 9.17) is 9.47 Å². The molecule has 226 valence electrons. The van der Waals surface area contributed by atoms with E-state index in [0.29, 0.717) is 21.7 Å². The second-order valence-electron chi connectivity index (χ2n) is 10.9. The van der Waals surface area contributed by atoms with Crippen molar-refractivity contribution in [1.29, 1.82) is 0 Å². The molecule has 9 nitrogen and oxygen atoms in total. The second-order valence-corrected chi connectivity index (χ2v) is 13.6. The molecule has 3 aromatic rings. The molecule has 1 unspecified atom stereocenters. The van der Waals surface area contributed by atoms with Crippen molar-refractivity contribution in [2.75, 3.05) is 25.1 Å². The molecule has 0 radical (unpaired) electrons. The summed E-state index contributed by atoms with van der Waals surface area (Å²) in [5, 5.41) is 2.92. The predicted octanol–water partition coefficient (Wildman–Crippen LogP) is 5.30. The maximum atomic E-state index is 14.1. The minimum atomic E-state index is -4.22. The van der Waals surface area contributed by atoms with Crippen molar-refractivity contribution < 1.29 is 27.5 Å². The number of sulfonamides is 1. The average molecular weight is 661 g/mol. The number of hydrogen-bond donors (Lipinski definition) is 1. The summed E-state index contributed by atoms with van der Waals surface area (Å²) in [7, 11) is -1.17. The van der Waals surface area contributed by atoms with Crippen molar-refractivity contribution in [3.8, 4) is 11.5 Å². The zero-order valence-electron chi connectivity index (χ0n) is 25.0. The van der Waals surface area contributed by atoms with Crippen LogP contribution in [0.5, 0.6) is 11.5 Å². The number of halogens is 1. The summed E-state index contributed by atoms with van der Waals surface area (Å²) < 4.78 is 40.1.